The lowest BCUT2D eigenvalue weighted by Gasteiger charge is -2.46. The zero-order chi connectivity index (χ0) is 32.0. The van der Waals surface area contributed by atoms with E-state index in [-0.39, 0.29) is 5.39 Å². The fourth-order valence-corrected chi connectivity index (χ4v) is 5.35. The summed E-state index contributed by atoms with van der Waals surface area (Å²) in [6.45, 7) is 0.505. The molecule has 2 saturated heterocycles. The van der Waals surface area contributed by atoms with Crippen molar-refractivity contribution in [2.24, 2.45) is 0 Å². The Morgan fingerprint density at radius 2 is 1.74 bits per heavy atom. The highest BCUT2D eigenvalue weighted by Gasteiger charge is 2.54. The first kappa shape index (κ1) is 33.0. The van der Waals surface area contributed by atoms with E-state index in [0.717, 1.165) is 12.1 Å². The molecular weight excluding hydrogens is 616 g/mol. The molecular formula is C23H27F2NO16S. The first-order chi connectivity index (χ1) is 20.0. The van der Waals surface area contributed by atoms with Crippen LogP contribution in [0.5, 0.6) is 5.75 Å². The number of rotatable bonds is 9. The Labute approximate surface area is 239 Å². The molecule has 240 valence electrons. The number of carbonyl (C=O) groups is 1. The second-order valence-corrected chi connectivity index (χ2v) is 10.9. The molecule has 0 saturated carbocycles. The third-order valence-corrected chi connectivity index (χ3v) is 7.39. The van der Waals surface area contributed by atoms with Gasteiger partial charge in [0.15, 0.2) is 18.0 Å². The van der Waals surface area contributed by atoms with Crippen LogP contribution in [-0.4, -0.2) is 118 Å². The van der Waals surface area contributed by atoms with Crippen molar-refractivity contribution >= 4 is 27.2 Å². The monoisotopic (exact) mass is 643 g/mol. The van der Waals surface area contributed by atoms with Crippen molar-refractivity contribution in [2.45, 2.75) is 74.7 Å². The Kier molecular flexibility index (Phi) is 9.68. The van der Waals surface area contributed by atoms with Gasteiger partial charge in [-0.1, -0.05) is 0 Å². The Morgan fingerprint density at radius 1 is 1.07 bits per heavy atom. The molecule has 4 rings (SSSR count). The molecule has 2 aromatic rings. The first-order valence-electron chi connectivity index (χ1n) is 12.3. The molecule has 17 nitrogen and oxygen atoms in total. The minimum atomic E-state index is -5.12. The van der Waals surface area contributed by atoms with Gasteiger partial charge in [0.05, 0.1) is 6.61 Å². The van der Waals surface area contributed by atoms with Crippen LogP contribution in [0.15, 0.2) is 27.4 Å². The van der Waals surface area contributed by atoms with Crippen molar-refractivity contribution < 1.29 is 80.5 Å². The van der Waals surface area contributed by atoms with Gasteiger partial charge in [0, 0.05) is 11.5 Å². The summed E-state index contributed by atoms with van der Waals surface area (Å²) in [5, 5.41) is 61.3. The normalized spacial score (nSPS) is 33.5. The summed E-state index contributed by atoms with van der Waals surface area (Å²) in [5.41, 5.74) is -2.15. The van der Waals surface area contributed by atoms with E-state index in [9.17, 15) is 62.0 Å². The van der Waals surface area contributed by atoms with E-state index in [2.05, 4.69) is 0 Å². The van der Waals surface area contributed by atoms with Crippen LogP contribution in [0.25, 0.3) is 11.0 Å². The van der Waals surface area contributed by atoms with E-state index >= 15 is 0 Å². The highest BCUT2D eigenvalue weighted by molar-refractivity contribution is 7.83. The molecule has 0 bridgehead atoms. The van der Waals surface area contributed by atoms with Crippen molar-refractivity contribution in [2.75, 3.05) is 6.61 Å². The van der Waals surface area contributed by atoms with E-state index < -0.39 is 113 Å². The van der Waals surface area contributed by atoms with Gasteiger partial charge in [-0.25, -0.2) is 18.4 Å². The fraction of sp³-hybridized carbons (Fsp3) is 0.565. The molecule has 43 heavy (non-hydrogen) atoms. The Hall–Kier alpha value is -2.89. The molecule has 20 heteroatoms. The Bertz CT molecular complexity index is 1500. The van der Waals surface area contributed by atoms with Gasteiger partial charge in [0.25, 0.3) is 6.43 Å². The molecule has 0 aliphatic carbocycles. The van der Waals surface area contributed by atoms with Gasteiger partial charge in [-0.3, -0.25) is 4.55 Å². The van der Waals surface area contributed by atoms with Gasteiger partial charge in [0.2, 0.25) is 6.29 Å². The maximum atomic E-state index is 14.1. The zero-order valence-electron chi connectivity index (χ0n) is 21.8. The number of benzene rings is 1. The lowest BCUT2D eigenvalue weighted by atomic mass is 9.96. The van der Waals surface area contributed by atoms with Gasteiger partial charge in [-0.2, -0.15) is 13.1 Å². The molecule has 10 atom stereocenters. The second-order valence-electron chi connectivity index (χ2n) is 9.69. The topological polar surface area (TPSA) is 272 Å². The quantitative estimate of drug-likeness (QED) is 0.104. The predicted molar refractivity (Wildman–Crippen MR) is 132 cm³/mol. The lowest BCUT2D eigenvalue weighted by molar-refractivity contribution is -0.331. The number of carboxylic acids is 1. The minimum absolute atomic E-state index is 0.123. The summed E-state index contributed by atoms with van der Waals surface area (Å²) in [6, 6.07) is 1.28. The molecule has 1 aromatic heterocycles. The Morgan fingerprint density at radius 3 is 2.33 bits per heavy atom. The zero-order valence-corrected chi connectivity index (χ0v) is 22.6. The van der Waals surface area contributed by atoms with E-state index in [4.69, 9.17) is 23.4 Å². The number of aryl methyl sites for hydroxylation is 1. The number of ether oxygens (including phenoxy) is 4. The van der Waals surface area contributed by atoms with Crippen LogP contribution in [0.1, 0.15) is 17.6 Å². The smallest absolute Gasteiger partial charge is 0.336 e. The summed E-state index contributed by atoms with van der Waals surface area (Å²) >= 11 is 0. The molecule has 0 radical (unpaired) electrons. The largest absolute Gasteiger partial charge is 0.479 e. The molecule has 10 unspecified atom stereocenters. The highest BCUT2D eigenvalue weighted by atomic mass is 32.2. The second kappa shape index (κ2) is 12.6. The maximum absolute atomic E-state index is 14.1. The summed E-state index contributed by atoms with van der Waals surface area (Å²) in [5.74, 6) is -2.57. The van der Waals surface area contributed by atoms with Crippen LogP contribution in [0, 0.1) is 6.92 Å². The third-order valence-electron chi connectivity index (χ3n) is 6.82. The van der Waals surface area contributed by atoms with E-state index in [1.807, 2.05) is 0 Å². The van der Waals surface area contributed by atoms with Gasteiger partial charge < -0.3 is 54.0 Å². The summed E-state index contributed by atoms with van der Waals surface area (Å²) in [4.78, 5) is 23.9. The lowest BCUT2D eigenvalue weighted by Crippen LogP contribution is -2.68. The average molecular weight is 644 g/mol. The summed E-state index contributed by atoms with van der Waals surface area (Å²) < 4.78 is 87.8. The average Bonchev–Trinajstić information content (AvgIpc) is 2.90. The van der Waals surface area contributed by atoms with Gasteiger partial charge in [-0.05, 0) is 24.6 Å². The molecule has 2 aliphatic heterocycles. The highest BCUT2D eigenvalue weighted by Crippen LogP contribution is 2.38. The number of nitrogens with one attached hydrogen (secondary N) is 1. The number of halogens is 2. The predicted octanol–water partition coefficient (Wildman–Crippen LogP) is -2.47. The summed E-state index contributed by atoms with van der Waals surface area (Å²) in [7, 11) is -5.12. The summed E-state index contributed by atoms with van der Waals surface area (Å²) in [6.07, 6.45) is -22.2. The van der Waals surface area contributed by atoms with Crippen LogP contribution in [0.2, 0.25) is 0 Å². The number of carboxylic acid groups (broad SMARTS) is 1. The first-order valence-corrected chi connectivity index (χ1v) is 13.8. The molecule has 1 aromatic carbocycles. The number of alkyl halides is 2. The van der Waals surface area contributed by atoms with E-state index in [0.29, 0.717) is 5.56 Å². The third kappa shape index (κ3) is 6.78. The van der Waals surface area contributed by atoms with Crippen molar-refractivity contribution in [3.63, 3.8) is 0 Å². The van der Waals surface area contributed by atoms with E-state index in [1.165, 1.54) is 17.7 Å². The number of hydrogen-bond donors (Lipinski definition) is 8. The Balaban J connectivity index is 1.65. The standard InChI is InChI=1S/C23H27F2NO16S/c1-6-4-10(28)40-17-7(6)2-3-8(11(17)20(24)25)38-23-16(32)15(31)18(19(42-23)21(33)34)41-22-12(26-43(35,36)37)14(30)13(29)9(5-27)39-22/h2-4,9,12-16,18-20,22-23,26-27,29-32H,5H2,1H3,(H,33,34)(H,35,36,37). The van der Waals surface area contributed by atoms with Crippen molar-refractivity contribution in [3.8, 4) is 5.75 Å². The molecule has 2 fully saturated rings. The molecule has 8 N–H and O–H groups in total. The maximum Gasteiger partial charge on any atom is 0.336 e. The van der Waals surface area contributed by atoms with Crippen LogP contribution in [-0.2, 0) is 29.3 Å². The minimum Gasteiger partial charge on any atom is -0.479 e. The fourth-order valence-electron chi connectivity index (χ4n) is 4.76. The van der Waals surface area contributed by atoms with Crippen molar-refractivity contribution in [1.82, 2.24) is 4.72 Å². The van der Waals surface area contributed by atoms with Crippen molar-refractivity contribution in [1.29, 1.82) is 0 Å². The van der Waals surface area contributed by atoms with Crippen LogP contribution >= 0.6 is 0 Å². The number of aliphatic carboxylic acids is 1. The van der Waals surface area contributed by atoms with E-state index in [1.54, 1.807) is 0 Å². The number of aliphatic hydroxyl groups is 5. The van der Waals surface area contributed by atoms with Crippen LogP contribution < -0.4 is 15.1 Å². The van der Waals surface area contributed by atoms with Crippen LogP contribution in [0.3, 0.4) is 0 Å². The number of fused-ring (bicyclic) bond motifs is 1. The molecule has 2 aliphatic rings. The molecule has 0 amide bonds. The van der Waals surface area contributed by atoms with Crippen LogP contribution in [0.4, 0.5) is 8.78 Å². The molecule has 0 spiro atoms. The SMILES string of the molecule is Cc1cc(=O)oc2c(C(F)F)c(OC3OC(C(=O)O)C(OC4OC(CO)C(O)C(O)C4NS(=O)(=O)O)C(O)C3O)ccc12. The number of hydrogen-bond acceptors (Lipinski definition) is 14. The van der Waals surface area contributed by atoms with Gasteiger partial charge in [0.1, 0.15) is 54.0 Å². The number of aliphatic hydroxyl groups excluding tert-OH is 5. The van der Waals surface area contributed by atoms with Crippen molar-refractivity contribution in [3.05, 3.63) is 39.7 Å². The molecule has 3 heterocycles. The van der Waals surface area contributed by atoms with Gasteiger partial charge >= 0.3 is 21.9 Å². The van der Waals surface area contributed by atoms with Gasteiger partial charge in [-0.15, -0.1) is 0 Å².